The lowest BCUT2D eigenvalue weighted by molar-refractivity contribution is -0.131. The van der Waals surface area contributed by atoms with Crippen molar-refractivity contribution in [1.82, 2.24) is 0 Å². The number of carbonyl (C=O) groups excluding carboxylic acids is 1. The fraction of sp³-hybridized carbons (Fsp3) is 0. The summed E-state index contributed by atoms with van der Waals surface area (Å²) < 4.78 is 0. The molecule has 0 atom stereocenters. The van der Waals surface area contributed by atoms with Crippen molar-refractivity contribution in [2.24, 2.45) is 0 Å². The highest BCUT2D eigenvalue weighted by Gasteiger charge is 2.15. The molecule has 0 bridgehead atoms. The third kappa shape index (κ3) is 2.41. The molecule has 0 amide bonds. The minimum atomic E-state index is -1.47. The molecule has 0 aliphatic heterocycles. The van der Waals surface area contributed by atoms with Gasteiger partial charge in [-0.1, -0.05) is 48.0 Å². The van der Waals surface area contributed by atoms with Crippen LogP contribution in [0.4, 0.5) is 0 Å². The van der Waals surface area contributed by atoms with Crippen LogP contribution in [0.15, 0.2) is 48.5 Å². The Morgan fingerprint density at radius 1 is 1.00 bits per heavy atom. The lowest BCUT2D eigenvalue weighted by Gasteiger charge is -2.05. The lowest BCUT2D eigenvalue weighted by Crippen LogP contribution is -2.12. The number of carboxylic acids is 1. The fourth-order valence-electron chi connectivity index (χ4n) is 1.65. The van der Waals surface area contributed by atoms with E-state index in [0.29, 0.717) is 10.6 Å². The summed E-state index contributed by atoms with van der Waals surface area (Å²) in [6.45, 7) is 0. The molecule has 0 aromatic heterocycles. The minimum absolute atomic E-state index is 0.139. The third-order valence-electron chi connectivity index (χ3n) is 2.50. The van der Waals surface area contributed by atoms with E-state index in [-0.39, 0.29) is 5.56 Å². The zero-order chi connectivity index (χ0) is 13.1. The highest BCUT2D eigenvalue weighted by atomic mass is 35.5. The Morgan fingerprint density at radius 2 is 1.72 bits per heavy atom. The van der Waals surface area contributed by atoms with Crippen molar-refractivity contribution in [3.63, 3.8) is 0 Å². The molecule has 1 N–H and O–H groups in total. The van der Waals surface area contributed by atoms with Gasteiger partial charge >= 0.3 is 5.97 Å². The van der Waals surface area contributed by atoms with Gasteiger partial charge < -0.3 is 5.11 Å². The maximum Gasteiger partial charge on any atom is 0.377 e. The molecule has 0 aliphatic rings. The lowest BCUT2D eigenvalue weighted by atomic mass is 10.0. The predicted molar refractivity (Wildman–Crippen MR) is 68.9 cm³/mol. The molecule has 0 heterocycles. The summed E-state index contributed by atoms with van der Waals surface area (Å²) in [6.07, 6.45) is 0. The predicted octanol–water partition coefficient (Wildman–Crippen LogP) is 3.27. The number of hydrogen-bond acceptors (Lipinski definition) is 2. The van der Waals surface area contributed by atoms with Crippen LogP contribution in [0.25, 0.3) is 11.1 Å². The highest BCUT2D eigenvalue weighted by molar-refractivity contribution is 6.40. The van der Waals surface area contributed by atoms with E-state index < -0.39 is 11.8 Å². The van der Waals surface area contributed by atoms with Crippen LogP contribution in [-0.2, 0) is 4.79 Å². The Labute approximate surface area is 109 Å². The molecular formula is C14H9ClO3. The van der Waals surface area contributed by atoms with E-state index in [4.69, 9.17) is 16.7 Å². The van der Waals surface area contributed by atoms with Gasteiger partial charge in [0.2, 0.25) is 0 Å². The van der Waals surface area contributed by atoms with Crippen LogP contribution in [0.1, 0.15) is 10.4 Å². The first kappa shape index (κ1) is 12.3. The van der Waals surface area contributed by atoms with Crippen molar-refractivity contribution in [2.45, 2.75) is 0 Å². The topological polar surface area (TPSA) is 54.4 Å². The molecule has 0 unspecified atom stereocenters. The largest absolute Gasteiger partial charge is 0.475 e. The maximum atomic E-state index is 11.4. The molecule has 2 aromatic carbocycles. The Balaban J connectivity index is 2.48. The van der Waals surface area contributed by atoms with Gasteiger partial charge in [0, 0.05) is 16.1 Å². The average Bonchev–Trinajstić information content (AvgIpc) is 2.38. The van der Waals surface area contributed by atoms with Gasteiger partial charge in [0.1, 0.15) is 0 Å². The first-order chi connectivity index (χ1) is 8.59. The standard InChI is InChI=1S/C14H9ClO3/c15-12-7-2-1-6-11(12)9-4-3-5-10(8-9)13(16)14(17)18/h1-8H,(H,17,18). The number of aliphatic carboxylic acids is 1. The SMILES string of the molecule is O=C(O)C(=O)c1cccc(-c2ccccc2Cl)c1. The zero-order valence-corrected chi connectivity index (χ0v) is 10.0. The molecule has 0 saturated heterocycles. The second-order valence-corrected chi connectivity index (χ2v) is 4.10. The van der Waals surface area contributed by atoms with Crippen LogP contribution < -0.4 is 0 Å². The van der Waals surface area contributed by atoms with Gasteiger partial charge in [-0.2, -0.15) is 0 Å². The van der Waals surface area contributed by atoms with Crippen molar-refractivity contribution in [1.29, 1.82) is 0 Å². The normalized spacial score (nSPS) is 10.1. The minimum Gasteiger partial charge on any atom is -0.475 e. The van der Waals surface area contributed by atoms with Crippen molar-refractivity contribution in [2.75, 3.05) is 0 Å². The average molecular weight is 261 g/mol. The van der Waals surface area contributed by atoms with E-state index in [1.807, 2.05) is 12.1 Å². The molecule has 90 valence electrons. The quantitative estimate of drug-likeness (QED) is 0.681. The van der Waals surface area contributed by atoms with Crippen LogP contribution >= 0.6 is 11.6 Å². The molecular weight excluding hydrogens is 252 g/mol. The summed E-state index contributed by atoms with van der Waals surface area (Å²) in [6, 6.07) is 13.6. The summed E-state index contributed by atoms with van der Waals surface area (Å²) in [4.78, 5) is 22.0. The number of carboxylic acid groups (broad SMARTS) is 1. The first-order valence-electron chi connectivity index (χ1n) is 5.22. The van der Waals surface area contributed by atoms with E-state index in [2.05, 4.69) is 0 Å². The van der Waals surface area contributed by atoms with Crippen molar-refractivity contribution in [3.8, 4) is 11.1 Å². The molecule has 0 aliphatic carbocycles. The Morgan fingerprint density at radius 3 is 2.39 bits per heavy atom. The molecule has 0 fully saturated rings. The highest BCUT2D eigenvalue weighted by Crippen LogP contribution is 2.28. The molecule has 0 radical (unpaired) electrons. The zero-order valence-electron chi connectivity index (χ0n) is 9.26. The summed E-state index contributed by atoms with van der Waals surface area (Å²) in [7, 11) is 0. The number of Topliss-reactive ketones (excluding diaryl/α,β-unsaturated/α-hetero) is 1. The Hall–Kier alpha value is -2.13. The third-order valence-corrected chi connectivity index (χ3v) is 2.83. The van der Waals surface area contributed by atoms with Crippen LogP contribution in [0.5, 0.6) is 0 Å². The van der Waals surface area contributed by atoms with E-state index >= 15 is 0 Å². The number of carbonyl (C=O) groups is 2. The van der Waals surface area contributed by atoms with E-state index in [1.165, 1.54) is 12.1 Å². The number of benzene rings is 2. The summed E-state index contributed by atoms with van der Waals surface area (Å²) in [5.74, 6) is -2.39. The van der Waals surface area contributed by atoms with E-state index in [0.717, 1.165) is 5.56 Å². The Bertz CT molecular complexity index is 620. The van der Waals surface area contributed by atoms with Crippen molar-refractivity contribution >= 4 is 23.4 Å². The molecule has 0 saturated carbocycles. The van der Waals surface area contributed by atoms with Crippen LogP contribution in [0.2, 0.25) is 5.02 Å². The van der Waals surface area contributed by atoms with Crippen LogP contribution in [0.3, 0.4) is 0 Å². The van der Waals surface area contributed by atoms with Gasteiger partial charge in [0.15, 0.2) is 0 Å². The van der Waals surface area contributed by atoms with E-state index in [1.54, 1.807) is 24.3 Å². The van der Waals surface area contributed by atoms with Gasteiger partial charge in [-0.3, -0.25) is 4.79 Å². The number of halogens is 1. The molecule has 0 spiro atoms. The second-order valence-electron chi connectivity index (χ2n) is 3.69. The summed E-state index contributed by atoms with van der Waals surface area (Å²) >= 11 is 6.05. The number of hydrogen-bond donors (Lipinski definition) is 1. The summed E-state index contributed by atoms with van der Waals surface area (Å²) in [5, 5.41) is 9.23. The van der Waals surface area contributed by atoms with Gasteiger partial charge in [-0.05, 0) is 17.7 Å². The van der Waals surface area contributed by atoms with Crippen molar-refractivity contribution in [3.05, 3.63) is 59.1 Å². The number of rotatable bonds is 3. The second kappa shape index (κ2) is 5.02. The Kier molecular flexibility index (Phi) is 3.44. The van der Waals surface area contributed by atoms with Gasteiger partial charge in [0.25, 0.3) is 5.78 Å². The molecule has 3 nitrogen and oxygen atoms in total. The number of ketones is 1. The molecule has 2 rings (SSSR count). The fourth-order valence-corrected chi connectivity index (χ4v) is 1.89. The van der Waals surface area contributed by atoms with Gasteiger partial charge in [0.05, 0.1) is 0 Å². The molecule has 2 aromatic rings. The smallest absolute Gasteiger partial charge is 0.377 e. The monoisotopic (exact) mass is 260 g/mol. The molecule has 18 heavy (non-hydrogen) atoms. The van der Waals surface area contributed by atoms with Gasteiger partial charge in [-0.25, -0.2) is 4.79 Å². The summed E-state index contributed by atoms with van der Waals surface area (Å²) in [5.41, 5.74) is 1.62. The van der Waals surface area contributed by atoms with Gasteiger partial charge in [-0.15, -0.1) is 0 Å². The molecule has 4 heteroatoms. The van der Waals surface area contributed by atoms with Crippen LogP contribution in [0, 0.1) is 0 Å². The maximum absolute atomic E-state index is 11.4. The van der Waals surface area contributed by atoms with Crippen LogP contribution in [-0.4, -0.2) is 16.9 Å². The van der Waals surface area contributed by atoms with E-state index in [9.17, 15) is 9.59 Å². The first-order valence-corrected chi connectivity index (χ1v) is 5.60. The van der Waals surface area contributed by atoms with Crippen molar-refractivity contribution < 1.29 is 14.7 Å².